The molecule has 0 saturated carbocycles. The van der Waals surface area contributed by atoms with Gasteiger partial charge in [-0.2, -0.15) is 0 Å². The van der Waals surface area contributed by atoms with E-state index in [1.165, 1.54) is 5.57 Å². The van der Waals surface area contributed by atoms with Crippen LogP contribution < -0.4 is 0 Å². The standard InChI is InChI=1S/C10H18O/c1-5-10(6-2)8-7-9(3)11-4/h5,7-9H,6H2,1-4H3/b8-7-,10-5-. The molecule has 0 radical (unpaired) electrons. The van der Waals surface area contributed by atoms with Gasteiger partial charge in [0.15, 0.2) is 0 Å². The topological polar surface area (TPSA) is 9.23 Å². The average Bonchev–Trinajstić information content (AvgIpc) is 2.06. The van der Waals surface area contributed by atoms with Crippen LogP contribution in [0.25, 0.3) is 0 Å². The minimum atomic E-state index is 0.219. The first-order valence-corrected chi connectivity index (χ1v) is 4.10. The van der Waals surface area contributed by atoms with Crippen LogP contribution >= 0.6 is 0 Å². The number of methoxy groups -OCH3 is 1. The first kappa shape index (κ1) is 10.4. The molecule has 0 aliphatic carbocycles. The second kappa shape index (κ2) is 6.17. The van der Waals surface area contributed by atoms with Gasteiger partial charge in [-0.3, -0.25) is 0 Å². The van der Waals surface area contributed by atoms with E-state index >= 15 is 0 Å². The van der Waals surface area contributed by atoms with Crippen LogP contribution in [0, 0.1) is 0 Å². The molecular formula is C10H18O. The predicted molar refractivity (Wildman–Crippen MR) is 49.7 cm³/mol. The molecule has 1 unspecified atom stereocenters. The van der Waals surface area contributed by atoms with Crippen LogP contribution in [0.3, 0.4) is 0 Å². The zero-order chi connectivity index (χ0) is 8.69. The molecule has 0 bridgehead atoms. The summed E-state index contributed by atoms with van der Waals surface area (Å²) in [6.07, 6.45) is 7.62. The van der Waals surface area contributed by atoms with Gasteiger partial charge in [0.1, 0.15) is 0 Å². The van der Waals surface area contributed by atoms with Crippen LogP contribution in [-0.2, 0) is 4.74 Å². The monoisotopic (exact) mass is 154 g/mol. The molecular weight excluding hydrogens is 136 g/mol. The van der Waals surface area contributed by atoms with Gasteiger partial charge < -0.3 is 4.74 Å². The number of hydrogen-bond acceptors (Lipinski definition) is 1. The molecule has 0 aromatic carbocycles. The Morgan fingerprint density at radius 2 is 2.18 bits per heavy atom. The molecule has 0 aliphatic heterocycles. The van der Waals surface area contributed by atoms with Crippen LogP contribution in [0.4, 0.5) is 0 Å². The fourth-order valence-electron chi connectivity index (χ4n) is 0.756. The highest BCUT2D eigenvalue weighted by Crippen LogP contribution is 2.03. The van der Waals surface area contributed by atoms with Crippen molar-refractivity contribution in [2.45, 2.75) is 33.3 Å². The SMILES string of the molecule is C/C=C(\C=C/C(C)OC)CC. The maximum atomic E-state index is 5.08. The highest BCUT2D eigenvalue weighted by molar-refractivity contribution is 5.17. The number of allylic oxidation sites excluding steroid dienone is 3. The van der Waals surface area contributed by atoms with E-state index in [4.69, 9.17) is 4.74 Å². The Bertz CT molecular complexity index is 145. The molecule has 11 heavy (non-hydrogen) atoms. The van der Waals surface area contributed by atoms with Crippen molar-refractivity contribution in [3.8, 4) is 0 Å². The van der Waals surface area contributed by atoms with Gasteiger partial charge in [0.2, 0.25) is 0 Å². The van der Waals surface area contributed by atoms with E-state index in [0.717, 1.165) is 6.42 Å². The largest absolute Gasteiger partial charge is 0.378 e. The molecule has 1 atom stereocenters. The lowest BCUT2D eigenvalue weighted by Gasteiger charge is -2.02. The minimum absolute atomic E-state index is 0.219. The van der Waals surface area contributed by atoms with Crippen LogP contribution in [0.5, 0.6) is 0 Å². The Balaban J connectivity index is 3.89. The van der Waals surface area contributed by atoms with Crippen LogP contribution in [0.1, 0.15) is 27.2 Å². The Hall–Kier alpha value is -0.560. The van der Waals surface area contributed by atoms with Crippen LogP contribution in [0.2, 0.25) is 0 Å². The fraction of sp³-hybridized carbons (Fsp3) is 0.600. The molecule has 0 spiro atoms. The minimum Gasteiger partial charge on any atom is -0.378 e. The second-order valence-electron chi connectivity index (χ2n) is 2.52. The highest BCUT2D eigenvalue weighted by atomic mass is 16.5. The van der Waals surface area contributed by atoms with Crippen molar-refractivity contribution in [3.63, 3.8) is 0 Å². The van der Waals surface area contributed by atoms with Gasteiger partial charge in [-0.25, -0.2) is 0 Å². The van der Waals surface area contributed by atoms with Gasteiger partial charge >= 0.3 is 0 Å². The van der Waals surface area contributed by atoms with E-state index in [1.807, 2.05) is 6.92 Å². The molecule has 0 heterocycles. The molecule has 0 aromatic rings. The predicted octanol–water partition coefficient (Wildman–Crippen LogP) is 2.93. The molecule has 1 heteroatoms. The highest BCUT2D eigenvalue weighted by Gasteiger charge is 1.90. The average molecular weight is 154 g/mol. The molecule has 64 valence electrons. The van der Waals surface area contributed by atoms with E-state index in [1.54, 1.807) is 7.11 Å². The van der Waals surface area contributed by atoms with E-state index in [0.29, 0.717) is 0 Å². The van der Waals surface area contributed by atoms with Gasteiger partial charge in [-0.15, -0.1) is 0 Å². The quantitative estimate of drug-likeness (QED) is 0.566. The van der Waals surface area contributed by atoms with Crippen molar-refractivity contribution in [2.24, 2.45) is 0 Å². The van der Waals surface area contributed by atoms with Crippen molar-refractivity contribution in [3.05, 3.63) is 23.8 Å². The summed E-state index contributed by atoms with van der Waals surface area (Å²) in [6.45, 7) is 6.23. The lowest BCUT2D eigenvalue weighted by atomic mass is 10.1. The van der Waals surface area contributed by atoms with Crippen molar-refractivity contribution in [2.75, 3.05) is 7.11 Å². The van der Waals surface area contributed by atoms with E-state index in [-0.39, 0.29) is 6.10 Å². The summed E-state index contributed by atoms with van der Waals surface area (Å²) in [5.41, 5.74) is 1.36. The Labute approximate surface area is 69.8 Å². The Morgan fingerprint density at radius 3 is 2.55 bits per heavy atom. The summed E-state index contributed by atoms with van der Waals surface area (Å²) in [4.78, 5) is 0. The van der Waals surface area contributed by atoms with E-state index < -0.39 is 0 Å². The van der Waals surface area contributed by atoms with Gasteiger partial charge in [-0.1, -0.05) is 30.7 Å². The van der Waals surface area contributed by atoms with E-state index in [9.17, 15) is 0 Å². The molecule has 0 saturated heterocycles. The molecule has 0 aromatic heterocycles. The smallest absolute Gasteiger partial charge is 0.0727 e. The van der Waals surface area contributed by atoms with Gasteiger partial charge in [0.05, 0.1) is 6.10 Å². The lowest BCUT2D eigenvalue weighted by Crippen LogP contribution is -1.98. The summed E-state index contributed by atoms with van der Waals surface area (Å²) in [5.74, 6) is 0. The van der Waals surface area contributed by atoms with Crippen molar-refractivity contribution in [1.29, 1.82) is 0 Å². The second-order valence-corrected chi connectivity index (χ2v) is 2.52. The van der Waals surface area contributed by atoms with Crippen molar-refractivity contribution in [1.82, 2.24) is 0 Å². The molecule has 0 N–H and O–H groups in total. The Morgan fingerprint density at radius 1 is 1.55 bits per heavy atom. The first-order valence-electron chi connectivity index (χ1n) is 4.10. The third kappa shape index (κ3) is 4.79. The van der Waals surface area contributed by atoms with Gasteiger partial charge in [0.25, 0.3) is 0 Å². The summed E-state index contributed by atoms with van der Waals surface area (Å²) in [5, 5.41) is 0. The summed E-state index contributed by atoms with van der Waals surface area (Å²) in [6, 6.07) is 0. The number of rotatable bonds is 4. The summed E-state index contributed by atoms with van der Waals surface area (Å²) in [7, 11) is 1.72. The normalized spacial score (nSPS) is 15.8. The zero-order valence-corrected chi connectivity index (χ0v) is 7.92. The van der Waals surface area contributed by atoms with Gasteiger partial charge in [-0.05, 0) is 20.3 Å². The third-order valence-corrected chi connectivity index (χ3v) is 1.73. The summed E-state index contributed by atoms with van der Waals surface area (Å²) < 4.78 is 5.08. The fourth-order valence-corrected chi connectivity index (χ4v) is 0.756. The molecule has 0 amide bonds. The lowest BCUT2D eigenvalue weighted by molar-refractivity contribution is 0.156. The number of hydrogen-bond donors (Lipinski definition) is 0. The van der Waals surface area contributed by atoms with E-state index in [2.05, 4.69) is 32.1 Å². The van der Waals surface area contributed by atoms with Crippen molar-refractivity contribution >= 4 is 0 Å². The van der Waals surface area contributed by atoms with Crippen LogP contribution in [0.15, 0.2) is 23.8 Å². The molecule has 0 rings (SSSR count). The first-order chi connectivity index (χ1) is 5.24. The Kier molecular flexibility index (Phi) is 5.86. The molecule has 0 aliphatic rings. The van der Waals surface area contributed by atoms with Crippen molar-refractivity contribution < 1.29 is 4.74 Å². The number of ether oxygens (including phenoxy) is 1. The molecule has 1 nitrogen and oxygen atoms in total. The maximum absolute atomic E-state index is 5.08. The van der Waals surface area contributed by atoms with Gasteiger partial charge in [0, 0.05) is 7.11 Å². The molecule has 0 fully saturated rings. The maximum Gasteiger partial charge on any atom is 0.0727 e. The third-order valence-electron chi connectivity index (χ3n) is 1.73. The zero-order valence-electron chi connectivity index (χ0n) is 7.92. The summed E-state index contributed by atoms with van der Waals surface area (Å²) >= 11 is 0. The van der Waals surface area contributed by atoms with Crippen LogP contribution in [-0.4, -0.2) is 13.2 Å².